The van der Waals surface area contributed by atoms with Gasteiger partial charge in [-0.3, -0.25) is 4.79 Å². The average molecular weight is 272 g/mol. The Kier molecular flexibility index (Phi) is 3.02. The van der Waals surface area contributed by atoms with Gasteiger partial charge >= 0.3 is 0 Å². The highest BCUT2D eigenvalue weighted by Gasteiger charge is 2.16. The molecule has 0 fully saturated rings. The van der Waals surface area contributed by atoms with Crippen LogP contribution in [0.2, 0.25) is 0 Å². The Hall–Kier alpha value is -2.56. The summed E-state index contributed by atoms with van der Waals surface area (Å²) in [6.07, 6.45) is 1.51. The summed E-state index contributed by atoms with van der Waals surface area (Å²) in [5, 5.41) is 0. The number of carbonyl (C=O) groups excluding carboxylic acids is 1. The van der Waals surface area contributed by atoms with E-state index in [1.165, 1.54) is 18.5 Å². The van der Waals surface area contributed by atoms with Gasteiger partial charge in [0.1, 0.15) is 0 Å². The summed E-state index contributed by atoms with van der Waals surface area (Å²) in [5.41, 5.74) is 1.28. The van der Waals surface area contributed by atoms with Crippen molar-refractivity contribution in [1.29, 1.82) is 0 Å². The minimum absolute atomic E-state index is 0.0825. The summed E-state index contributed by atoms with van der Waals surface area (Å²) >= 11 is 0. The molecule has 0 unspecified atom stereocenters. The molecule has 20 heavy (non-hydrogen) atoms. The molecule has 1 heterocycles. The number of fused-ring (bicyclic) bond motifs is 1. The maximum atomic E-state index is 13.6. The molecule has 0 amide bonds. The minimum atomic E-state index is -1.11. The summed E-state index contributed by atoms with van der Waals surface area (Å²) in [4.78, 5) is 16.2. The summed E-state index contributed by atoms with van der Waals surface area (Å²) in [7, 11) is 0. The lowest BCUT2D eigenvalue weighted by atomic mass is 10.1. The molecule has 100 valence electrons. The van der Waals surface area contributed by atoms with Crippen LogP contribution in [0.4, 0.5) is 8.78 Å². The summed E-state index contributed by atoms with van der Waals surface area (Å²) < 4.78 is 28.3. The number of nitrogens with zero attached hydrogens (tertiary/aromatic N) is 2. The number of aromatic nitrogens is 2. The molecule has 0 saturated heterocycles. The van der Waals surface area contributed by atoms with Gasteiger partial charge in [-0.15, -0.1) is 0 Å². The molecule has 2 aromatic carbocycles. The van der Waals surface area contributed by atoms with Crippen molar-refractivity contribution in [2.45, 2.75) is 6.54 Å². The molecular weight excluding hydrogens is 262 g/mol. The lowest BCUT2D eigenvalue weighted by molar-refractivity contribution is 0.0968. The van der Waals surface area contributed by atoms with E-state index in [4.69, 9.17) is 0 Å². The van der Waals surface area contributed by atoms with Crippen LogP contribution in [0.3, 0.4) is 0 Å². The smallest absolute Gasteiger partial charge is 0.185 e. The van der Waals surface area contributed by atoms with Crippen LogP contribution in [0, 0.1) is 11.6 Å². The fourth-order valence-electron chi connectivity index (χ4n) is 2.10. The van der Waals surface area contributed by atoms with Gasteiger partial charge in [-0.1, -0.05) is 18.2 Å². The van der Waals surface area contributed by atoms with Crippen LogP contribution in [0.15, 0.2) is 48.8 Å². The second kappa shape index (κ2) is 4.85. The van der Waals surface area contributed by atoms with Crippen molar-refractivity contribution >= 4 is 16.8 Å². The molecule has 1 aromatic heterocycles. The van der Waals surface area contributed by atoms with Gasteiger partial charge in [-0.2, -0.15) is 0 Å². The van der Waals surface area contributed by atoms with E-state index in [2.05, 4.69) is 4.98 Å². The predicted molar refractivity (Wildman–Crippen MR) is 70.4 cm³/mol. The van der Waals surface area contributed by atoms with Crippen molar-refractivity contribution < 1.29 is 13.6 Å². The van der Waals surface area contributed by atoms with Crippen LogP contribution in [0.1, 0.15) is 10.4 Å². The van der Waals surface area contributed by atoms with Crippen LogP contribution in [0.25, 0.3) is 11.0 Å². The molecule has 5 heteroatoms. The minimum Gasteiger partial charge on any atom is -0.323 e. The molecular formula is C15H10F2N2O. The maximum absolute atomic E-state index is 13.6. The highest BCUT2D eigenvalue weighted by molar-refractivity contribution is 5.96. The fraction of sp³-hybridized carbons (Fsp3) is 0.0667. The summed E-state index contributed by atoms with van der Waals surface area (Å²) in [6, 6.07) is 10.9. The van der Waals surface area contributed by atoms with Gasteiger partial charge in [0.25, 0.3) is 0 Å². The second-order valence-electron chi connectivity index (χ2n) is 4.39. The van der Waals surface area contributed by atoms with E-state index in [9.17, 15) is 13.6 Å². The molecule has 0 aliphatic heterocycles. The van der Waals surface area contributed by atoms with E-state index in [1.807, 2.05) is 24.3 Å². The fourth-order valence-corrected chi connectivity index (χ4v) is 2.10. The van der Waals surface area contributed by atoms with Gasteiger partial charge in [0.2, 0.25) is 0 Å². The number of rotatable bonds is 3. The van der Waals surface area contributed by atoms with Crippen molar-refractivity contribution in [2.24, 2.45) is 0 Å². The highest BCUT2D eigenvalue weighted by Crippen LogP contribution is 2.16. The Labute approximate surface area is 113 Å². The molecule has 0 aliphatic carbocycles. The van der Waals surface area contributed by atoms with E-state index in [0.29, 0.717) is 0 Å². The third-order valence-corrected chi connectivity index (χ3v) is 3.09. The zero-order chi connectivity index (χ0) is 14.1. The molecule has 3 rings (SSSR count). The number of imidazole rings is 1. The lowest BCUT2D eigenvalue weighted by Gasteiger charge is -2.05. The van der Waals surface area contributed by atoms with Crippen LogP contribution >= 0.6 is 0 Å². The second-order valence-corrected chi connectivity index (χ2v) is 4.39. The number of hydrogen-bond donors (Lipinski definition) is 0. The molecule has 0 saturated carbocycles. The number of ketones is 1. The number of benzene rings is 2. The molecule has 0 atom stereocenters. The third-order valence-electron chi connectivity index (χ3n) is 3.09. The first-order chi connectivity index (χ1) is 9.66. The Morgan fingerprint density at radius 1 is 1.10 bits per heavy atom. The Balaban J connectivity index is 1.95. The molecule has 0 spiro atoms. The SMILES string of the molecule is O=C(Cn1cnc2ccccc21)c1cccc(F)c1F. The first-order valence-corrected chi connectivity index (χ1v) is 6.04. The zero-order valence-electron chi connectivity index (χ0n) is 10.4. The monoisotopic (exact) mass is 272 g/mol. The lowest BCUT2D eigenvalue weighted by Crippen LogP contribution is -2.12. The molecule has 3 nitrogen and oxygen atoms in total. The standard InChI is InChI=1S/C15H10F2N2O/c16-11-5-3-4-10(15(11)17)14(20)8-19-9-18-12-6-1-2-7-13(12)19/h1-7,9H,8H2. The van der Waals surface area contributed by atoms with E-state index < -0.39 is 17.4 Å². The molecule has 0 bridgehead atoms. The van der Waals surface area contributed by atoms with Gasteiger partial charge in [0, 0.05) is 0 Å². The highest BCUT2D eigenvalue weighted by atomic mass is 19.2. The average Bonchev–Trinajstić information content (AvgIpc) is 2.85. The quantitative estimate of drug-likeness (QED) is 0.686. The van der Waals surface area contributed by atoms with Crippen molar-refractivity contribution in [1.82, 2.24) is 9.55 Å². The number of hydrogen-bond acceptors (Lipinski definition) is 2. The van der Waals surface area contributed by atoms with Gasteiger partial charge in [-0.05, 0) is 24.3 Å². The topological polar surface area (TPSA) is 34.9 Å². The molecule has 0 aliphatic rings. The van der Waals surface area contributed by atoms with Gasteiger partial charge in [0.15, 0.2) is 17.4 Å². The van der Waals surface area contributed by atoms with E-state index in [-0.39, 0.29) is 12.1 Å². The first-order valence-electron chi connectivity index (χ1n) is 6.04. The normalized spacial score (nSPS) is 10.9. The van der Waals surface area contributed by atoms with E-state index in [0.717, 1.165) is 17.1 Å². The van der Waals surface area contributed by atoms with Crippen LogP contribution in [0.5, 0.6) is 0 Å². The van der Waals surface area contributed by atoms with Gasteiger partial charge < -0.3 is 4.57 Å². The number of carbonyl (C=O) groups is 1. The molecule has 0 radical (unpaired) electrons. The first kappa shape index (κ1) is 12.5. The molecule has 3 aromatic rings. The van der Waals surface area contributed by atoms with Crippen LogP contribution in [-0.4, -0.2) is 15.3 Å². The van der Waals surface area contributed by atoms with E-state index >= 15 is 0 Å². The summed E-state index contributed by atoms with van der Waals surface area (Å²) in [5.74, 6) is -2.63. The van der Waals surface area contributed by atoms with Crippen molar-refractivity contribution in [3.05, 3.63) is 66.0 Å². The van der Waals surface area contributed by atoms with Crippen molar-refractivity contribution in [2.75, 3.05) is 0 Å². The van der Waals surface area contributed by atoms with Crippen molar-refractivity contribution in [3.63, 3.8) is 0 Å². The Morgan fingerprint density at radius 2 is 1.90 bits per heavy atom. The van der Waals surface area contributed by atoms with Gasteiger partial charge in [-0.25, -0.2) is 13.8 Å². The van der Waals surface area contributed by atoms with Gasteiger partial charge in [0.05, 0.1) is 29.5 Å². The number of Topliss-reactive ketones (excluding diaryl/α,β-unsaturated/α-hetero) is 1. The third kappa shape index (κ3) is 2.07. The Bertz CT molecular complexity index is 795. The van der Waals surface area contributed by atoms with Crippen LogP contribution in [-0.2, 0) is 6.54 Å². The Morgan fingerprint density at radius 3 is 2.75 bits per heavy atom. The number of halogens is 2. The van der Waals surface area contributed by atoms with Crippen LogP contribution < -0.4 is 0 Å². The van der Waals surface area contributed by atoms with E-state index in [1.54, 1.807) is 4.57 Å². The maximum Gasteiger partial charge on any atom is 0.185 e. The largest absolute Gasteiger partial charge is 0.323 e. The van der Waals surface area contributed by atoms with Crippen molar-refractivity contribution in [3.8, 4) is 0 Å². The zero-order valence-corrected chi connectivity index (χ0v) is 10.4. The number of para-hydroxylation sites is 2. The molecule has 0 N–H and O–H groups in total. The summed E-state index contributed by atoms with van der Waals surface area (Å²) in [6.45, 7) is -0.0825. The predicted octanol–water partition coefficient (Wildman–Crippen LogP) is 3.20.